The molecule has 0 saturated heterocycles. The van der Waals surface area contributed by atoms with Crippen molar-refractivity contribution in [1.82, 2.24) is 19.7 Å². The van der Waals surface area contributed by atoms with Gasteiger partial charge in [-0.15, -0.1) is 0 Å². The summed E-state index contributed by atoms with van der Waals surface area (Å²) in [7, 11) is 3.62. The molecule has 0 amide bonds. The molecule has 3 heterocycles. The number of ether oxygens (including phenoxy) is 1. The van der Waals surface area contributed by atoms with E-state index in [0.717, 1.165) is 12.1 Å². The van der Waals surface area contributed by atoms with Crippen LogP contribution in [-0.4, -0.2) is 40.0 Å². The van der Waals surface area contributed by atoms with Gasteiger partial charge in [-0.05, 0) is 0 Å². The third-order valence-corrected chi connectivity index (χ3v) is 3.51. The van der Waals surface area contributed by atoms with Gasteiger partial charge in [-0.3, -0.25) is 4.68 Å². The number of methoxy groups -OCH3 is 1. The molecule has 0 aromatic carbocycles. The fraction of sp³-hybridized carbons (Fsp3) is 0.462. The first-order valence-electron chi connectivity index (χ1n) is 6.41. The number of aromatic nitrogens is 4. The van der Waals surface area contributed by atoms with Crippen LogP contribution >= 0.6 is 0 Å². The smallest absolute Gasteiger partial charge is 0.225 e. The molecule has 20 heavy (non-hydrogen) atoms. The Labute approximate surface area is 116 Å². The molecule has 0 spiro atoms. The standard InChI is InChI=1S/C13H16FN5O/c1-18-12-9(3-17-18)6-19(7-10(12)8-20-2)13-15-4-11(14)5-16-13/h3-5,10H,6-8H2,1-2H3/t10-/m1/s1. The van der Waals surface area contributed by atoms with Gasteiger partial charge >= 0.3 is 0 Å². The van der Waals surface area contributed by atoms with Gasteiger partial charge in [0.15, 0.2) is 5.82 Å². The van der Waals surface area contributed by atoms with Gasteiger partial charge in [0.05, 0.1) is 30.9 Å². The summed E-state index contributed by atoms with van der Waals surface area (Å²) in [5.41, 5.74) is 2.32. The molecule has 0 N–H and O–H groups in total. The molecule has 7 heteroatoms. The highest BCUT2D eigenvalue weighted by Crippen LogP contribution is 2.29. The van der Waals surface area contributed by atoms with Crippen molar-refractivity contribution in [3.05, 3.63) is 35.7 Å². The van der Waals surface area contributed by atoms with Crippen LogP contribution in [0.3, 0.4) is 0 Å². The molecule has 0 unspecified atom stereocenters. The lowest BCUT2D eigenvalue weighted by atomic mass is 9.97. The highest BCUT2D eigenvalue weighted by atomic mass is 19.1. The number of rotatable bonds is 3. The molecular weight excluding hydrogens is 261 g/mol. The Balaban J connectivity index is 1.91. The van der Waals surface area contributed by atoms with E-state index in [1.54, 1.807) is 7.11 Å². The number of fused-ring (bicyclic) bond motifs is 1. The van der Waals surface area contributed by atoms with Crippen molar-refractivity contribution in [2.75, 3.05) is 25.2 Å². The summed E-state index contributed by atoms with van der Waals surface area (Å²) in [5, 5.41) is 4.31. The fourth-order valence-corrected chi connectivity index (χ4v) is 2.72. The van der Waals surface area contributed by atoms with Crippen molar-refractivity contribution >= 4 is 5.95 Å². The van der Waals surface area contributed by atoms with Gasteiger partial charge in [0, 0.05) is 38.7 Å². The van der Waals surface area contributed by atoms with Gasteiger partial charge in [0.1, 0.15) is 0 Å². The third kappa shape index (κ3) is 2.24. The highest BCUT2D eigenvalue weighted by molar-refractivity contribution is 5.38. The summed E-state index contributed by atoms with van der Waals surface area (Å²) in [6.45, 7) is 2.01. The second-order valence-electron chi connectivity index (χ2n) is 4.91. The van der Waals surface area contributed by atoms with E-state index in [0.29, 0.717) is 19.1 Å². The van der Waals surface area contributed by atoms with Crippen LogP contribution in [0.2, 0.25) is 0 Å². The Morgan fingerprint density at radius 3 is 2.80 bits per heavy atom. The molecule has 1 aliphatic rings. The van der Waals surface area contributed by atoms with Gasteiger partial charge in [-0.2, -0.15) is 5.10 Å². The molecule has 3 rings (SSSR count). The largest absolute Gasteiger partial charge is 0.384 e. The van der Waals surface area contributed by atoms with E-state index in [2.05, 4.69) is 15.1 Å². The Morgan fingerprint density at radius 2 is 2.10 bits per heavy atom. The maximum atomic E-state index is 12.9. The van der Waals surface area contributed by atoms with Crippen molar-refractivity contribution in [3.63, 3.8) is 0 Å². The van der Waals surface area contributed by atoms with Gasteiger partial charge in [-0.1, -0.05) is 0 Å². The lowest BCUT2D eigenvalue weighted by molar-refractivity contribution is 0.175. The Kier molecular flexibility index (Phi) is 3.35. The number of hydrogen-bond donors (Lipinski definition) is 0. The lowest BCUT2D eigenvalue weighted by Crippen LogP contribution is -2.37. The van der Waals surface area contributed by atoms with Crippen LogP contribution in [0.15, 0.2) is 18.6 Å². The molecular formula is C13H16FN5O. The van der Waals surface area contributed by atoms with Crippen LogP contribution in [0.25, 0.3) is 0 Å². The van der Waals surface area contributed by atoms with Crippen LogP contribution in [0.4, 0.5) is 10.3 Å². The van der Waals surface area contributed by atoms with E-state index in [1.807, 2.05) is 22.8 Å². The van der Waals surface area contributed by atoms with Gasteiger partial charge < -0.3 is 9.64 Å². The molecule has 0 radical (unpaired) electrons. The maximum absolute atomic E-state index is 12.9. The van der Waals surface area contributed by atoms with E-state index < -0.39 is 5.82 Å². The number of aryl methyl sites for hydroxylation is 1. The van der Waals surface area contributed by atoms with Crippen molar-refractivity contribution < 1.29 is 9.13 Å². The van der Waals surface area contributed by atoms with E-state index in [9.17, 15) is 4.39 Å². The quantitative estimate of drug-likeness (QED) is 0.841. The minimum absolute atomic E-state index is 0.199. The first kappa shape index (κ1) is 13.0. The maximum Gasteiger partial charge on any atom is 0.225 e. The minimum atomic E-state index is -0.429. The molecule has 0 bridgehead atoms. The Bertz CT molecular complexity index is 597. The summed E-state index contributed by atoms with van der Waals surface area (Å²) in [5.74, 6) is 0.299. The number of hydrogen-bond acceptors (Lipinski definition) is 5. The van der Waals surface area contributed by atoms with Gasteiger partial charge in [-0.25, -0.2) is 14.4 Å². The van der Waals surface area contributed by atoms with Gasteiger partial charge in [0.25, 0.3) is 0 Å². The van der Waals surface area contributed by atoms with Crippen LogP contribution in [0, 0.1) is 5.82 Å². The summed E-state index contributed by atoms with van der Waals surface area (Å²) in [6, 6.07) is 0. The monoisotopic (exact) mass is 277 g/mol. The molecule has 6 nitrogen and oxygen atoms in total. The summed E-state index contributed by atoms with van der Waals surface area (Å²) in [6.07, 6.45) is 4.23. The SMILES string of the molecule is COC[C@H]1CN(c2ncc(F)cn2)Cc2cnn(C)c21. The molecule has 0 fully saturated rings. The molecule has 1 aliphatic heterocycles. The second kappa shape index (κ2) is 5.16. The van der Waals surface area contributed by atoms with Crippen molar-refractivity contribution in [3.8, 4) is 0 Å². The summed E-state index contributed by atoms with van der Waals surface area (Å²) in [4.78, 5) is 10.1. The van der Waals surface area contributed by atoms with E-state index in [4.69, 9.17) is 4.74 Å². The Morgan fingerprint density at radius 1 is 1.35 bits per heavy atom. The lowest BCUT2D eigenvalue weighted by Gasteiger charge is -2.32. The minimum Gasteiger partial charge on any atom is -0.384 e. The molecule has 1 atom stereocenters. The first-order valence-corrected chi connectivity index (χ1v) is 6.41. The third-order valence-electron chi connectivity index (χ3n) is 3.51. The molecule has 106 valence electrons. The zero-order chi connectivity index (χ0) is 14.1. The van der Waals surface area contributed by atoms with Crippen LogP contribution in [0.5, 0.6) is 0 Å². The molecule has 0 aliphatic carbocycles. The molecule has 2 aromatic rings. The van der Waals surface area contributed by atoms with Crippen molar-refractivity contribution in [1.29, 1.82) is 0 Å². The van der Waals surface area contributed by atoms with Crippen LogP contribution < -0.4 is 4.90 Å². The van der Waals surface area contributed by atoms with Crippen LogP contribution in [-0.2, 0) is 18.3 Å². The van der Waals surface area contributed by atoms with E-state index in [1.165, 1.54) is 18.1 Å². The van der Waals surface area contributed by atoms with E-state index in [-0.39, 0.29) is 5.92 Å². The summed E-state index contributed by atoms with van der Waals surface area (Å²) < 4.78 is 20.1. The van der Waals surface area contributed by atoms with Crippen molar-refractivity contribution in [2.45, 2.75) is 12.5 Å². The topological polar surface area (TPSA) is 56.1 Å². The van der Waals surface area contributed by atoms with E-state index >= 15 is 0 Å². The number of anilines is 1. The predicted molar refractivity (Wildman–Crippen MR) is 70.9 cm³/mol. The fourth-order valence-electron chi connectivity index (χ4n) is 2.72. The number of halogens is 1. The highest BCUT2D eigenvalue weighted by Gasteiger charge is 2.29. The zero-order valence-corrected chi connectivity index (χ0v) is 11.5. The zero-order valence-electron chi connectivity index (χ0n) is 11.5. The van der Waals surface area contributed by atoms with Crippen molar-refractivity contribution in [2.24, 2.45) is 7.05 Å². The second-order valence-corrected chi connectivity index (χ2v) is 4.91. The normalized spacial score (nSPS) is 18.1. The average molecular weight is 277 g/mol. The predicted octanol–water partition coefficient (Wildman–Crippen LogP) is 1.10. The first-order chi connectivity index (χ1) is 9.69. The molecule has 2 aromatic heterocycles. The number of nitrogens with zero attached hydrogens (tertiary/aromatic N) is 5. The Hall–Kier alpha value is -2.02. The molecule has 0 saturated carbocycles. The summed E-state index contributed by atoms with van der Waals surface area (Å²) >= 11 is 0. The average Bonchev–Trinajstić information content (AvgIpc) is 2.82. The van der Waals surface area contributed by atoms with Crippen LogP contribution in [0.1, 0.15) is 17.2 Å². The van der Waals surface area contributed by atoms with Gasteiger partial charge in [0.2, 0.25) is 5.95 Å².